The Hall–Kier alpha value is -1.94. The predicted molar refractivity (Wildman–Crippen MR) is 68.8 cm³/mol. The number of thiazole rings is 1. The van der Waals surface area contributed by atoms with E-state index in [0.717, 1.165) is 25.5 Å². The molecule has 3 rings (SSSR count). The van der Waals surface area contributed by atoms with E-state index in [1.807, 2.05) is 0 Å². The molecule has 0 saturated heterocycles. The summed E-state index contributed by atoms with van der Waals surface area (Å²) >= 11 is 1.60. The van der Waals surface area contributed by atoms with Crippen molar-refractivity contribution < 1.29 is 4.73 Å². The summed E-state index contributed by atoms with van der Waals surface area (Å²) in [7, 11) is 0. The molecule has 0 fully saturated rings. The van der Waals surface area contributed by atoms with Crippen LogP contribution < -0.4 is 4.73 Å². The van der Waals surface area contributed by atoms with E-state index in [-0.39, 0.29) is 0 Å². The highest BCUT2D eigenvalue weighted by atomic mass is 32.1. The van der Waals surface area contributed by atoms with Crippen molar-refractivity contribution in [3.8, 4) is 10.6 Å². The van der Waals surface area contributed by atoms with E-state index >= 15 is 0 Å². The van der Waals surface area contributed by atoms with Gasteiger partial charge in [0.1, 0.15) is 10.5 Å². The van der Waals surface area contributed by atoms with Gasteiger partial charge in [-0.15, -0.1) is 11.3 Å². The van der Waals surface area contributed by atoms with Gasteiger partial charge in [-0.1, -0.05) is 29.8 Å². The average Bonchev–Trinajstić information content (AvgIpc) is 2.72. The van der Waals surface area contributed by atoms with E-state index < -0.39 is 0 Å². The summed E-state index contributed by atoms with van der Waals surface area (Å²) in [5.74, 6) is 0. The van der Waals surface area contributed by atoms with Gasteiger partial charge in [0, 0.05) is 11.6 Å². The summed E-state index contributed by atoms with van der Waals surface area (Å²) in [6.45, 7) is 2.06. The molecule has 0 amide bonds. The first-order chi connectivity index (χ1) is 8.22. The van der Waals surface area contributed by atoms with E-state index in [9.17, 15) is 5.21 Å². The Balaban J connectivity index is 2.14. The van der Waals surface area contributed by atoms with Gasteiger partial charge in [0.15, 0.2) is 6.20 Å². The maximum absolute atomic E-state index is 11.2. The highest BCUT2D eigenvalue weighted by Gasteiger charge is 2.08. The lowest BCUT2D eigenvalue weighted by Gasteiger charge is -1.95. The second kappa shape index (κ2) is 3.82. The number of fused-ring (bicyclic) bond motifs is 1. The molecule has 0 aliphatic carbocycles. The lowest BCUT2D eigenvalue weighted by molar-refractivity contribution is -0.603. The van der Waals surface area contributed by atoms with E-state index in [0.29, 0.717) is 0 Å². The third-order valence-corrected chi connectivity index (χ3v) is 3.69. The summed E-state index contributed by atoms with van der Waals surface area (Å²) in [4.78, 5) is 4.47. The van der Waals surface area contributed by atoms with E-state index in [1.165, 1.54) is 18.0 Å². The van der Waals surface area contributed by atoms with Crippen LogP contribution in [0, 0.1) is 12.1 Å². The van der Waals surface area contributed by atoms with Crippen molar-refractivity contribution in [2.24, 2.45) is 0 Å². The molecule has 0 bridgehead atoms. The van der Waals surface area contributed by atoms with Crippen molar-refractivity contribution >= 4 is 21.6 Å². The van der Waals surface area contributed by atoms with Gasteiger partial charge < -0.3 is 5.21 Å². The Morgan fingerprint density at radius 3 is 2.71 bits per heavy atom. The second-order valence-electron chi connectivity index (χ2n) is 3.94. The normalized spacial score (nSPS) is 10.9. The van der Waals surface area contributed by atoms with E-state index in [4.69, 9.17) is 0 Å². The number of hydrogen-bond donors (Lipinski definition) is 0. The van der Waals surface area contributed by atoms with Crippen LogP contribution in [0.2, 0.25) is 0 Å². The number of benzene rings is 1. The minimum atomic E-state index is 0.753. The monoisotopic (exact) mass is 242 g/mol. The summed E-state index contributed by atoms with van der Waals surface area (Å²) in [5, 5.41) is 12.1. The molecule has 4 heteroatoms. The molecule has 3 aromatic rings. The fraction of sp³-hybridized carbons (Fsp3) is 0.0769. The maximum Gasteiger partial charge on any atom is 0.207 e. The molecule has 0 atom stereocenters. The minimum Gasteiger partial charge on any atom is -0.619 e. The van der Waals surface area contributed by atoms with Gasteiger partial charge in [0.25, 0.3) is 0 Å². The van der Waals surface area contributed by atoms with E-state index in [2.05, 4.69) is 36.2 Å². The minimum absolute atomic E-state index is 0.753. The van der Waals surface area contributed by atoms with Crippen LogP contribution in [0.15, 0.2) is 42.7 Å². The number of aromatic nitrogens is 2. The Labute approximate surface area is 103 Å². The number of hydrogen-bond acceptors (Lipinski definition) is 3. The molecule has 0 N–H and O–H groups in total. The molecule has 0 unspecified atom stereocenters. The molecule has 0 aliphatic rings. The Bertz CT molecular complexity index is 673. The average molecular weight is 242 g/mol. The number of pyridine rings is 1. The molecule has 0 saturated carbocycles. The Morgan fingerprint density at radius 2 is 1.94 bits per heavy atom. The molecular formula is C13H10N2OS. The topological polar surface area (TPSA) is 39.8 Å². The Kier molecular flexibility index (Phi) is 2.30. The summed E-state index contributed by atoms with van der Waals surface area (Å²) < 4.78 is 1.81. The smallest absolute Gasteiger partial charge is 0.207 e. The number of rotatable bonds is 1. The number of aryl methyl sites for hydroxylation is 1. The summed E-state index contributed by atoms with van der Waals surface area (Å²) in [6.07, 6.45) is 3.00. The first-order valence-corrected chi connectivity index (χ1v) is 6.10. The van der Waals surface area contributed by atoms with Crippen molar-refractivity contribution in [1.82, 2.24) is 4.98 Å². The molecular weight excluding hydrogens is 232 g/mol. The van der Waals surface area contributed by atoms with E-state index in [1.54, 1.807) is 17.4 Å². The first kappa shape index (κ1) is 10.2. The fourth-order valence-electron chi connectivity index (χ4n) is 1.68. The first-order valence-electron chi connectivity index (χ1n) is 5.29. The molecule has 0 aliphatic heterocycles. The zero-order valence-electron chi connectivity index (χ0n) is 9.25. The van der Waals surface area contributed by atoms with Gasteiger partial charge in [0.2, 0.25) is 6.20 Å². The zero-order chi connectivity index (χ0) is 11.8. The maximum atomic E-state index is 11.2. The lowest BCUT2D eigenvalue weighted by atomic mass is 10.2. The van der Waals surface area contributed by atoms with Crippen molar-refractivity contribution in [1.29, 1.82) is 0 Å². The molecule has 0 radical (unpaired) electrons. The quantitative estimate of drug-likeness (QED) is 0.486. The molecule has 0 spiro atoms. The van der Waals surface area contributed by atoms with Gasteiger partial charge in [0.05, 0.1) is 4.70 Å². The van der Waals surface area contributed by atoms with Gasteiger partial charge in [-0.2, -0.15) is 4.73 Å². The standard InChI is InChI=1S/C13H10N2OS/c1-9-2-4-10(5-3-9)13-14-11-8-15(16)7-6-12(11)17-13/h2-8H,1H3. The third kappa shape index (κ3) is 1.87. The summed E-state index contributed by atoms with van der Waals surface area (Å²) in [5.41, 5.74) is 3.07. The third-order valence-electron chi connectivity index (χ3n) is 2.60. The summed E-state index contributed by atoms with van der Waals surface area (Å²) in [6, 6.07) is 10.0. The predicted octanol–water partition coefficient (Wildman–Crippen LogP) is 2.91. The highest BCUT2D eigenvalue weighted by molar-refractivity contribution is 7.21. The number of nitrogens with zero attached hydrogens (tertiary/aromatic N) is 2. The largest absolute Gasteiger partial charge is 0.619 e. The fourth-order valence-corrected chi connectivity index (χ4v) is 2.62. The zero-order valence-corrected chi connectivity index (χ0v) is 10.1. The Morgan fingerprint density at radius 1 is 1.18 bits per heavy atom. The van der Waals surface area contributed by atoms with Crippen LogP contribution in [0.1, 0.15) is 5.56 Å². The van der Waals surface area contributed by atoms with Gasteiger partial charge in [-0.3, -0.25) is 0 Å². The van der Waals surface area contributed by atoms with Crippen molar-refractivity contribution in [2.75, 3.05) is 0 Å². The van der Waals surface area contributed by atoms with Gasteiger partial charge in [-0.25, -0.2) is 4.98 Å². The van der Waals surface area contributed by atoms with Gasteiger partial charge in [-0.05, 0) is 6.92 Å². The van der Waals surface area contributed by atoms with Crippen LogP contribution in [-0.4, -0.2) is 4.98 Å². The van der Waals surface area contributed by atoms with Crippen LogP contribution in [0.3, 0.4) is 0 Å². The van der Waals surface area contributed by atoms with Crippen LogP contribution in [0.25, 0.3) is 20.8 Å². The molecule has 1 aromatic carbocycles. The molecule has 17 heavy (non-hydrogen) atoms. The molecule has 3 nitrogen and oxygen atoms in total. The molecule has 2 heterocycles. The van der Waals surface area contributed by atoms with Gasteiger partial charge >= 0.3 is 0 Å². The SMILES string of the molecule is Cc1ccc(-c2nc3c[n+]([O-])ccc3s2)cc1. The van der Waals surface area contributed by atoms with Crippen molar-refractivity contribution in [3.63, 3.8) is 0 Å². The van der Waals surface area contributed by atoms with Crippen LogP contribution in [-0.2, 0) is 0 Å². The van der Waals surface area contributed by atoms with Crippen LogP contribution >= 0.6 is 11.3 Å². The van der Waals surface area contributed by atoms with Crippen molar-refractivity contribution in [2.45, 2.75) is 6.92 Å². The van der Waals surface area contributed by atoms with Crippen molar-refractivity contribution in [3.05, 3.63) is 53.5 Å². The van der Waals surface area contributed by atoms with Crippen LogP contribution in [0.5, 0.6) is 0 Å². The highest BCUT2D eigenvalue weighted by Crippen LogP contribution is 2.29. The lowest BCUT2D eigenvalue weighted by Crippen LogP contribution is -2.23. The molecule has 2 aromatic heterocycles. The van der Waals surface area contributed by atoms with Crippen LogP contribution in [0.4, 0.5) is 0 Å². The molecule has 84 valence electrons. The second-order valence-corrected chi connectivity index (χ2v) is 4.97.